The number of benzene rings is 1. The second-order valence-electron chi connectivity index (χ2n) is 6.70. The summed E-state index contributed by atoms with van der Waals surface area (Å²) in [5, 5.41) is 2.78. The van der Waals surface area contributed by atoms with Gasteiger partial charge in [-0.3, -0.25) is 9.69 Å². The second kappa shape index (κ2) is 5.49. The Hall–Kier alpha value is -2.28. The van der Waals surface area contributed by atoms with E-state index in [0.717, 1.165) is 10.5 Å². The zero-order valence-corrected chi connectivity index (χ0v) is 13.8. The molecule has 1 N–H and O–H groups in total. The molecular formula is C18H22N2O2. The molecule has 0 bridgehead atoms. The van der Waals surface area contributed by atoms with Gasteiger partial charge in [-0.25, -0.2) is 4.79 Å². The fraction of sp³-hybridized carbons (Fsp3) is 0.444. The third-order valence-electron chi connectivity index (χ3n) is 4.02. The summed E-state index contributed by atoms with van der Waals surface area (Å²) in [5.41, 5.74) is 0.991. The van der Waals surface area contributed by atoms with Crippen LogP contribution in [0, 0.1) is 11.8 Å². The van der Waals surface area contributed by atoms with Crippen LogP contribution in [0.15, 0.2) is 24.3 Å². The Labute approximate surface area is 131 Å². The molecule has 0 spiro atoms. The van der Waals surface area contributed by atoms with Gasteiger partial charge in [0.25, 0.3) is 5.91 Å². The molecule has 1 fully saturated rings. The number of carbonyl (C=O) groups excluding carboxylic acids is 2. The highest BCUT2D eigenvalue weighted by Gasteiger charge is 2.48. The highest BCUT2D eigenvalue weighted by molar-refractivity contribution is 6.07. The maximum absolute atomic E-state index is 12.6. The van der Waals surface area contributed by atoms with E-state index < -0.39 is 11.6 Å². The van der Waals surface area contributed by atoms with Crippen molar-refractivity contribution in [1.82, 2.24) is 10.2 Å². The van der Waals surface area contributed by atoms with Gasteiger partial charge in [-0.05, 0) is 30.4 Å². The van der Waals surface area contributed by atoms with Crippen LogP contribution < -0.4 is 5.32 Å². The third-order valence-corrected chi connectivity index (χ3v) is 4.02. The number of hydrogen-bond donors (Lipinski definition) is 1. The van der Waals surface area contributed by atoms with Gasteiger partial charge in [0.05, 0.1) is 6.54 Å². The van der Waals surface area contributed by atoms with E-state index in [1.165, 1.54) is 5.56 Å². The molecular weight excluding hydrogens is 276 g/mol. The van der Waals surface area contributed by atoms with Crippen molar-refractivity contribution in [2.24, 2.45) is 0 Å². The van der Waals surface area contributed by atoms with Crippen LogP contribution in [0.25, 0.3) is 0 Å². The Morgan fingerprint density at radius 2 is 1.77 bits per heavy atom. The molecule has 1 aliphatic rings. The standard InChI is InChI=1S/C18H22N2O2/c1-6-7-12-20-15(21)18(5,19-16(20)22)14-10-8-13(9-11-14)17(2,3)4/h8-11H,12H2,1-5H3,(H,19,22). The lowest BCUT2D eigenvalue weighted by atomic mass is 9.84. The van der Waals surface area contributed by atoms with E-state index in [1.807, 2.05) is 24.3 Å². The van der Waals surface area contributed by atoms with Crippen molar-refractivity contribution in [2.75, 3.05) is 6.54 Å². The van der Waals surface area contributed by atoms with Crippen molar-refractivity contribution >= 4 is 11.9 Å². The van der Waals surface area contributed by atoms with Crippen LogP contribution in [0.2, 0.25) is 0 Å². The van der Waals surface area contributed by atoms with E-state index in [-0.39, 0.29) is 17.9 Å². The van der Waals surface area contributed by atoms with Gasteiger partial charge in [0, 0.05) is 0 Å². The largest absolute Gasteiger partial charge is 0.326 e. The fourth-order valence-electron chi connectivity index (χ4n) is 2.50. The topological polar surface area (TPSA) is 49.4 Å². The molecule has 1 unspecified atom stereocenters. The fourth-order valence-corrected chi connectivity index (χ4v) is 2.50. The van der Waals surface area contributed by atoms with E-state index in [1.54, 1.807) is 13.8 Å². The van der Waals surface area contributed by atoms with Crippen LogP contribution in [-0.2, 0) is 15.7 Å². The number of imide groups is 1. The lowest BCUT2D eigenvalue weighted by molar-refractivity contribution is -0.130. The molecule has 4 nitrogen and oxygen atoms in total. The highest BCUT2D eigenvalue weighted by atomic mass is 16.2. The van der Waals surface area contributed by atoms with E-state index in [4.69, 9.17) is 0 Å². The van der Waals surface area contributed by atoms with Crippen molar-refractivity contribution in [3.63, 3.8) is 0 Å². The number of nitrogens with one attached hydrogen (secondary N) is 1. The van der Waals surface area contributed by atoms with Crippen LogP contribution in [0.5, 0.6) is 0 Å². The molecule has 0 radical (unpaired) electrons. The van der Waals surface area contributed by atoms with Gasteiger partial charge in [0.1, 0.15) is 5.54 Å². The number of nitrogens with zero attached hydrogens (tertiary/aromatic N) is 1. The Morgan fingerprint density at radius 3 is 2.27 bits per heavy atom. The molecule has 0 aliphatic carbocycles. The lowest BCUT2D eigenvalue weighted by Gasteiger charge is -2.24. The van der Waals surface area contributed by atoms with Gasteiger partial charge in [-0.2, -0.15) is 0 Å². The Kier molecular flexibility index (Phi) is 4.02. The smallest absolute Gasteiger partial charge is 0.319 e. The van der Waals surface area contributed by atoms with Gasteiger partial charge in [0.15, 0.2) is 0 Å². The van der Waals surface area contributed by atoms with Gasteiger partial charge in [-0.1, -0.05) is 51.0 Å². The lowest BCUT2D eigenvalue weighted by Crippen LogP contribution is -2.41. The minimum Gasteiger partial charge on any atom is -0.319 e. The summed E-state index contributed by atoms with van der Waals surface area (Å²) in [5.74, 6) is 5.21. The summed E-state index contributed by atoms with van der Waals surface area (Å²) in [6.45, 7) is 9.95. The summed E-state index contributed by atoms with van der Waals surface area (Å²) < 4.78 is 0. The quantitative estimate of drug-likeness (QED) is 0.674. The van der Waals surface area contributed by atoms with Gasteiger partial charge < -0.3 is 5.32 Å². The molecule has 4 heteroatoms. The van der Waals surface area contributed by atoms with E-state index in [2.05, 4.69) is 37.9 Å². The first-order valence-electron chi connectivity index (χ1n) is 7.35. The van der Waals surface area contributed by atoms with Crippen molar-refractivity contribution in [2.45, 2.75) is 45.6 Å². The average molecular weight is 298 g/mol. The molecule has 22 heavy (non-hydrogen) atoms. The number of amides is 3. The Balaban J connectivity index is 2.33. The molecule has 116 valence electrons. The molecule has 1 aromatic carbocycles. The third kappa shape index (κ3) is 2.71. The normalized spacial score (nSPS) is 21.4. The molecule has 1 heterocycles. The number of carbonyl (C=O) groups is 2. The van der Waals surface area contributed by atoms with Crippen LogP contribution in [0.1, 0.15) is 45.7 Å². The first-order chi connectivity index (χ1) is 10.2. The second-order valence-corrected chi connectivity index (χ2v) is 6.70. The Bertz CT molecular complexity index is 659. The predicted octanol–water partition coefficient (Wildman–Crippen LogP) is 2.77. The molecule has 0 saturated carbocycles. The maximum Gasteiger partial charge on any atom is 0.326 e. The van der Waals surface area contributed by atoms with Crippen molar-refractivity contribution in [3.05, 3.63) is 35.4 Å². The summed E-state index contributed by atoms with van der Waals surface area (Å²) in [6, 6.07) is 7.44. The first-order valence-corrected chi connectivity index (χ1v) is 7.35. The number of hydrogen-bond acceptors (Lipinski definition) is 2. The molecule has 0 aromatic heterocycles. The summed E-state index contributed by atoms with van der Waals surface area (Å²) in [4.78, 5) is 25.8. The minimum atomic E-state index is -1.02. The molecule has 2 rings (SSSR count). The first kappa shape index (κ1) is 16.1. The van der Waals surface area contributed by atoms with Gasteiger partial charge >= 0.3 is 6.03 Å². The van der Waals surface area contributed by atoms with Crippen molar-refractivity contribution < 1.29 is 9.59 Å². The number of urea groups is 1. The SMILES string of the molecule is CC#CCN1C(=O)NC(C)(c2ccc(C(C)(C)C)cc2)C1=O. The van der Waals surface area contributed by atoms with Crippen LogP contribution in [-0.4, -0.2) is 23.4 Å². The van der Waals surface area contributed by atoms with Gasteiger partial charge in [-0.15, -0.1) is 5.92 Å². The van der Waals surface area contributed by atoms with Gasteiger partial charge in [0.2, 0.25) is 0 Å². The number of rotatable bonds is 2. The maximum atomic E-state index is 12.6. The molecule has 1 atom stereocenters. The zero-order valence-electron chi connectivity index (χ0n) is 13.8. The molecule has 1 aliphatic heterocycles. The Morgan fingerprint density at radius 1 is 1.18 bits per heavy atom. The summed E-state index contributed by atoms with van der Waals surface area (Å²) in [6.07, 6.45) is 0. The monoisotopic (exact) mass is 298 g/mol. The van der Waals surface area contributed by atoms with E-state index in [9.17, 15) is 9.59 Å². The molecule has 1 aromatic rings. The molecule has 1 saturated heterocycles. The minimum absolute atomic E-state index is 0.0467. The van der Waals surface area contributed by atoms with Crippen molar-refractivity contribution in [1.29, 1.82) is 0 Å². The summed E-state index contributed by atoms with van der Waals surface area (Å²) >= 11 is 0. The molecule has 3 amide bonds. The predicted molar refractivity (Wildman–Crippen MR) is 86.2 cm³/mol. The highest BCUT2D eigenvalue weighted by Crippen LogP contribution is 2.30. The van der Waals surface area contributed by atoms with Crippen LogP contribution in [0.4, 0.5) is 4.79 Å². The van der Waals surface area contributed by atoms with E-state index >= 15 is 0 Å². The van der Waals surface area contributed by atoms with Crippen LogP contribution in [0.3, 0.4) is 0 Å². The zero-order chi connectivity index (χ0) is 16.5. The summed E-state index contributed by atoms with van der Waals surface area (Å²) in [7, 11) is 0. The average Bonchev–Trinajstić information content (AvgIpc) is 2.67. The van der Waals surface area contributed by atoms with Crippen molar-refractivity contribution in [3.8, 4) is 11.8 Å². The van der Waals surface area contributed by atoms with Crippen LogP contribution >= 0.6 is 0 Å². The van der Waals surface area contributed by atoms with E-state index in [0.29, 0.717) is 0 Å².